The molecule has 3 aromatic rings. The Hall–Kier alpha value is -2.96. The molecule has 0 aliphatic heterocycles. The lowest BCUT2D eigenvalue weighted by molar-refractivity contribution is -0.116. The molecule has 0 saturated heterocycles. The van der Waals surface area contributed by atoms with Gasteiger partial charge in [-0.15, -0.1) is 0 Å². The van der Waals surface area contributed by atoms with Gasteiger partial charge in [-0.05, 0) is 23.8 Å². The minimum atomic E-state index is -0.277. The number of aromatic nitrogens is 2. The third kappa shape index (κ3) is 4.65. The fourth-order valence-electron chi connectivity index (χ4n) is 2.77. The number of carbonyl (C=O) groups is 1. The van der Waals surface area contributed by atoms with Crippen molar-refractivity contribution in [2.24, 2.45) is 0 Å². The van der Waals surface area contributed by atoms with E-state index in [1.165, 1.54) is 10.8 Å². The average Bonchev–Trinajstić information content (AvgIpc) is 2.72. The number of hydrogen-bond acceptors (Lipinski definition) is 4. The third-order valence-corrected chi connectivity index (χ3v) is 4.55. The number of ether oxygens (including phenoxy) is 1. The van der Waals surface area contributed by atoms with Crippen molar-refractivity contribution in [2.75, 3.05) is 13.7 Å². The zero-order chi connectivity index (χ0) is 19.9. The number of benzene rings is 2. The van der Waals surface area contributed by atoms with E-state index in [1.54, 1.807) is 31.4 Å². The molecular weight excluding hydrogens is 378 g/mol. The Morgan fingerprint density at radius 1 is 1.18 bits per heavy atom. The van der Waals surface area contributed by atoms with Gasteiger partial charge in [0, 0.05) is 23.6 Å². The minimum Gasteiger partial charge on any atom is -0.383 e. The largest absolute Gasteiger partial charge is 0.383 e. The molecule has 6 nitrogen and oxygen atoms in total. The number of carbonyl (C=O) groups excluding carboxylic acids is 1. The molecule has 0 bridgehead atoms. The molecular formula is C21H20ClN3O3. The average molecular weight is 398 g/mol. The fourth-order valence-corrected chi connectivity index (χ4v) is 2.97. The molecule has 28 heavy (non-hydrogen) atoms. The fraction of sp³-hybridized carbons (Fsp3) is 0.190. The molecule has 3 rings (SSSR count). The summed E-state index contributed by atoms with van der Waals surface area (Å²) < 4.78 is 6.41. The van der Waals surface area contributed by atoms with E-state index in [9.17, 15) is 9.59 Å². The number of halogens is 1. The van der Waals surface area contributed by atoms with E-state index in [0.717, 1.165) is 10.9 Å². The summed E-state index contributed by atoms with van der Waals surface area (Å²) in [6.45, 7) is 0.907. The van der Waals surface area contributed by atoms with Crippen LogP contribution in [0.4, 0.5) is 0 Å². The van der Waals surface area contributed by atoms with E-state index < -0.39 is 0 Å². The summed E-state index contributed by atoms with van der Waals surface area (Å²) in [5.74, 6) is -0.277. The van der Waals surface area contributed by atoms with Crippen LogP contribution in [-0.2, 0) is 22.6 Å². The highest BCUT2D eigenvalue weighted by Gasteiger charge is 2.10. The lowest BCUT2D eigenvalue weighted by Crippen LogP contribution is -2.29. The summed E-state index contributed by atoms with van der Waals surface area (Å²) in [4.78, 5) is 24.8. The van der Waals surface area contributed by atoms with Crippen LogP contribution >= 0.6 is 11.6 Å². The lowest BCUT2D eigenvalue weighted by Gasteiger charge is -2.11. The van der Waals surface area contributed by atoms with Crippen LogP contribution in [-0.4, -0.2) is 29.4 Å². The Labute approximate surface area is 167 Å². The molecule has 0 saturated carbocycles. The van der Waals surface area contributed by atoms with E-state index in [2.05, 4.69) is 10.4 Å². The second-order valence-corrected chi connectivity index (χ2v) is 6.49. The van der Waals surface area contributed by atoms with Crippen molar-refractivity contribution in [3.05, 3.63) is 81.2 Å². The first-order chi connectivity index (χ1) is 13.6. The highest BCUT2D eigenvalue weighted by molar-refractivity contribution is 6.32. The van der Waals surface area contributed by atoms with Crippen molar-refractivity contribution < 1.29 is 9.53 Å². The molecule has 0 aliphatic rings. The molecule has 144 valence electrons. The predicted molar refractivity (Wildman–Crippen MR) is 110 cm³/mol. The van der Waals surface area contributed by atoms with Gasteiger partial charge < -0.3 is 10.1 Å². The van der Waals surface area contributed by atoms with E-state index in [1.807, 2.05) is 30.3 Å². The van der Waals surface area contributed by atoms with Crippen LogP contribution in [0.5, 0.6) is 0 Å². The Balaban J connectivity index is 1.80. The maximum absolute atomic E-state index is 12.5. The highest BCUT2D eigenvalue weighted by Crippen LogP contribution is 2.16. The summed E-state index contributed by atoms with van der Waals surface area (Å²) in [5.41, 5.74) is 1.20. The molecule has 0 unspecified atom stereocenters. The molecule has 2 aromatic carbocycles. The third-order valence-electron chi connectivity index (χ3n) is 4.20. The summed E-state index contributed by atoms with van der Waals surface area (Å²) in [6.07, 6.45) is 3.08. The van der Waals surface area contributed by atoms with Gasteiger partial charge in [0.25, 0.3) is 5.56 Å². The molecule has 1 amide bonds. The van der Waals surface area contributed by atoms with Gasteiger partial charge in [0.1, 0.15) is 0 Å². The Kier molecular flexibility index (Phi) is 6.57. The SMILES string of the molecule is COCCn1nc(CNC(=O)/C=C/c2ccccc2Cl)c2ccccc2c1=O. The van der Waals surface area contributed by atoms with Gasteiger partial charge in [0.15, 0.2) is 0 Å². The number of amides is 1. The first-order valence-corrected chi connectivity index (χ1v) is 9.16. The van der Waals surface area contributed by atoms with Crippen molar-refractivity contribution in [2.45, 2.75) is 13.1 Å². The second-order valence-electron chi connectivity index (χ2n) is 6.09. The van der Waals surface area contributed by atoms with Gasteiger partial charge in [-0.25, -0.2) is 4.68 Å². The number of methoxy groups -OCH3 is 1. The van der Waals surface area contributed by atoms with Gasteiger partial charge in [-0.3, -0.25) is 9.59 Å². The van der Waals surface area contributed by atoms with Crippen LogP contribution in [0.25, 0.3) is 16.8 Å². The van der Waals surface area contributed by atoms with Gasteiger partial charge in [-0.1, -0.05) is 48.0 Å². The molecule has 0 fully saturated rings. The highest BCUT2D eigenvalue weighted by atomic mass is 35.5. The van der Waals surface area contributed by atoms with Crippen LogP contribution in [0.3, 0.4) is 0 Å². The van der Waals surface area contributed by atoms with Gasteiger partial charge in [0.2, 0.25) is 5.91 Å². The molecule has 1 aromatic heterocycles. The number of hydrogen-bond donors (Lipinski definition) is 1. The molecule has 0 aliphatic carbocycles. The van der Waals surface area contributed by atoms with Crippen molar-refractivity contribution in [1.82, 2.24) is 15.1 Å². The lowest BCUT2D eigenvalue weighted by atomic mass is 10.1. The zero-order valence-corrected chi connectivity index (χ0v) is 16.1. The van der Waals surface area contributed by atoms with Crippen LogP contribution in [0.2, 0.25) is 5.02 Å². The normalized spacial score (nSPS) is 11.2. The van der Waals surface area contributed by atoms with E-state index in [4.69, 9.17) is 16.3 Å². The first kappa shape index (κ1) is 19.8. The second kappa shape index (κ2) is 9.30. The predicted octanol–water partition coefficient (Wildman–Crippen LogP) is 3.03. The molecule has 1 N–H and O–H groups in total. The minimum absolute atomic E-state index is 0.179. The number of nitrogens with one attached hydrogen (secondary N) is 1. The van der Waals surface area contributed by atoms with Crippen LogP contribution in [0.15, 0.2) is 59.4 Å². The number of nitrogens with zero attached hydrogens (tertiary/aromatic N) is 2. The Morgan fingerprint density at radius 3 is 2.64 bits per heavy atom. The summed E-state index contributed by atoms with van der Waals surface area (Å²) in [6, 6.07) is 14.5. The molecule has 0 radical (unpaired) electrons. The van der Waals surface area contributed by atoms with Crippen molar-refractivity contribution >= 4 is 34.4 Å². The topological polar surface area (TPSA) is 73.2 Å². The molecule has 7 heteroatoms. The van der Waals surface area contributed by atoms with Crippen LogP contribution < -0.4 is 10.9 Å². The zero-order valence-electron chi connectivity index (χ0n) is 15.4. The monoisotopic (exact) mass is 397 g/mol. The Bertz CT molecular complexity index is 1080. The summed E-state index contributed by atoms with van der Waals surface area (Å²) in [5, 5.41) is 9.06. The standard InChI is InChI=1S/C21H20ClN3O3/c1-28-13-12-25-21(27)17-8-4-3-7-16(17)19(24-25)14-23-20(26)11-10-15-6-2-5-9-18(15)22/h2-11H,12-14H2,1H3,(H,23,26)/b11-10+. The summed E-state index contributed by atoms with van der Waals surface area (Å²) in [7, 11) is 1.57. The maximum atomic E-state index is 12.5. The maximum Gasteiger partial charge on any atom is 0.274 e. The number of fused-ring (bicyclic) bond motifs is 1. The van der Waals surface area contributed by atoms with Crippen molar-refractivity contribution in [3.8, 4) is 0 Å². The number of rotatable bonds is 7. The van der Waals surface area contributed by atoms with E-state index >= 15 is 0 Å². The smallest absolute Gasteiger partial charge is 0.274 e. The van der Waals surface area contributed by atoms with E-state index in [0.29, 0.717) is 29.3 Å². The molecule has 1 heterocycles. The Morgan fingerprint density at radius 2 is 1.89 bits per heavy atom. The quantitative estimate of drug-likeness (QED) is 0.622. The van der Waals surface area contributed by atoms with Crippen molar-refractivity contribution in [1.29, 1.82) is 0 Å². The molecule has 0 spiro atoms. The first-order valence-electron chi connectivity index (χ1n) is 8.78. The van der Waals surface area contributed by atoms with Gasteiger partial charge in [0.05, 0.1) is 30.8 Å². The summed E-state index contributed by atoms with van der Waals surface area (Å²) >= 11 is 6.08. The van der Waals surface area contributed by atoms with Crippen molar-refractivity contribution in [3.63, 3.8) is 0 Å². The molecule has 0 atom stereocenters. The van der Waals surface area contributed by atoms with Gasteiger partial charge in [-0.2, -0.15) is 5.10 Å². The van der Waals surface area contributed by atoms with Crippen LogP contribution in [0, 0.1) is 0 Å². The van der Waals surface area contributed by atoms with Gasteiger partial charge >= 0.3 is 0 Å². The van der Waals surface area contributed by atoms with Crippen LogP contribution in [0.1, 0.15) is 11.3 Å². The van der Waals surface area contributed by atoms with E-state index in [-0.39, 0.29) is 18.0 Å².